The van der Waals surface area contributed by atoms with E-state index in [4.69, 9.17) is 18.9 Å². The van der Waals surface area contributed by atoms with Crippen LogP contribution >= 0.6 is 0 Å². The Morgan fingerprint density at radius 2 is 2.00 bits per heavy atom. The molecule has 0 aromatic heterocycles. The fourth-order valence-corrected chi connectivity index (χ4v) is 1.60. The van der Waals surface area contributed by atoms with Gasteiger partial charge in [0.2, 0.25) is 6.79 Å². The minimum absolute atomic E-state index is 0.166. The minimum Gasteiger partial charge on any atom is -0.496 e. The van der Waals surface area contributed by atoms with Gasteiger partial charge in [-0.2, -0.15) is 0 Å². The number of fused-ring (bicyclic) bond motifs is 1. The first kappa shape index (κ1) is 7.94. The molecule has 4 nitrogen and oxygen atoms in total. The standard InChI is InChI=1S/C10H10O4/c1-11-7-3-9-8(13-5-14-9)2-6(7)10-4-12-10/h2-3,10H,4-5H2,1H3/t10-/m0/s1. The van der Waals surface area contributed by atoms with Gasteiger partial charge in [0.1, 0.15) is 11.9 Å². The van der Waals surface area contributed by atoms with E-state index in [0.717, 1.165) is 29.4 Å². The van der Waals surface area contributed by atoms with Crippen molar-refractivity contribution in [3.63, 3.8) is 0 Å². The van der Waals surface area contributed by atoms with Crippen molar-refractivity contribution in [2.24, 2.45) is 0 Å². The van der Waals surface area contributed by atoms with E-state index >= 15 is 0 Å². The van der Waals surface area contributed by atoms with Crippen LogP contribution in [0.25, 0.3) is 0 Å². The maximum atomic E-state index is 5.28. The summed E-state index contributed by atoms with van der Waals surface area (Å²) in [6, 6.07) is 3.78. The Labute approximate surface area is 81.3 Å². The van der Waals surface area contributed by atoms with Gasteiger partial charge in [0.05, 0.1) is 13.7 Å². The van der Waals surface area contributed by atoms with Crippen molar-refractivity contribution in [2.75, 3.05) is 20.5 Å². The van der Waals surface area contributed by atoms with Crippen LogP contribution in [0.2, 0.25) is 0 Å². The highest BCUT2D eigenvalue weighted by Crippen LogP contribution is 2.44. The second-order valence-corrected chi connectivity index (χ2v) is 3.27. The van der Waals surface area contributed by atoms with Crippen LogP contribution in [-0.2, 0) is 4.74 Å². The van der Waals surface area contributed by atoms with Crippen LogP contribution < -0.4 is 14.2 Å². The van der Waals surface area contributed by atoms with Crippen molar-refractivity contribution < 1.29 is 18.9 Å². The van der Waals surface area contributed by atoms with Crippen LogP contribution in [0.1, 0.15) is 11.7 Å². The van der Waals surface area contributed by atoms with Gasteiger partial charge in [-0.25, -0.2) is 0 Å². The molecule has 0 unspecified atom stereocenters. The van der Waals surface area contributed by atoms with E-state index in [9.17, 15) is 0 Å². The summed E-state index contributed by atoms with van der Waals surface area (Å²) in [5.74, 6) is 2.32. The van der Waals surface area contributed by atoms with Crippen LogP contribution in [0.15, 0.2) is 12.1 Å². The summed E-state index contributed by atoms with van der Waals surface area (Å²) < 4.78 is 21.0. The Balaban J connectivity index is 2.08. The van der Waals surface area contributed by atoms with Crippen molar-refractivity contribution >= 4 is 0 Å². The van der Waals surface area contributed by atoms with E-state index in [-0.39, 0.29) is 12.9 Å². The van der Waals surface area contributed by atoms with E-state index in [1.807, 2.05) is 12.1 Å². The molecule has 14 heavy (non-hydrogen) atoms. The molecule has 1 aromatic rings. The first-order chi connectivity index (χ1) is 6.88. The summed E-state index contributed by atoms with van der Waals surface area (Å²) in [4.78, 5) is 0. The molecule has 3 rings (SSSR count). The first-order valence-electron chi connectivity index (χ1n) is 4.47. The minimum atomic E-state index is 0.166. The molecule has 74 valence electrons. The SMILES string of the molecule is COc1cc2c(cc1[C@@H]1CO1)OCO2. The number of methoxy groups -OCH3 is 1. The normalized spacial score (nSPS) is 22.2. The monoisotopic (exact) mass is 194 g/mol. The molecule has 0 saturated carbocycles. The molecule has 0 amide bonds. The molecule has 1 aromatic carbocycles. The van der Waals surface area contributed by atoms with Crippen LogP contribution in [0.5, 0.6) is 17.2 Å². The Morgan fingerprint density at radius 3 is 2.64 bits per heavy atom. The average molecular weight is 194 g/mol. The summed E-state index contributed by atoms with van der Waals surface area (Å²) in [6.07, 6.45) is 0.166. The quantitative estimate of drug-likeness (QED) is 0.669. The molecule has 0 N–H and O–H groups in total. The molecule has 2 heterocycles. The molecule has 4 heteroatoms. The predicted octanol–water partition coefficient (Wildman–Crippen LogP) is 1.50. The van der Waals surface area contributed by atoms with Gasteiger partial charge in [-0.15, -0.1) is 0 Å². The third kappa shape index (κ3) is 1.11. The topological polar surface area (TPSA) is 40.2 Å². The number of hydrogen-bond donors (Lipinski definition) is 0. The summed E-state index contributed by atoms with van der Waals surface area (Å²) in [5.41, 5.74) is 1.04. The third-order valence-electron chi connectivity index (χ3n) is 2.41. The highest BCUT2D eigenvalue weighted by Gasteiger charge is 2.30. The highest BCUT2D eigenvalue weighted by atomic mass is 16.7. The molecule has 0 radical (unpaired) electrons. The van der Waals surface area contributed by atoms with Gasteiger partial charge in [-0.05, 0) is 6.07 Å². The fraction of sp³-hybridized carbons (Fsp3) is 0.400. The highest BCUT2D eigenvalue weighted by molar-refractivity contribution is 5.53. The fourth-order valence-electron chi connectivity index (χ4n) is 1.60. The van der Waals surface area contributed by atoms with Crippen LogP contribution in [0.4, 0.5) is 0 Å². The Kier molecular flexibility index (Phi) is 1.58. The Hall–Kier alpha value is -1.42. The zero-order valence-corrected chi connectivity index (χ0v) is 7.78. The zero-order chi connectivity index (χ0) is 9.54. The predicted molar refractivity (Wildman–Crippen MR) is 47.8 cm³/mol. The lowest BCUT2D eigenvalue weighted by atomic mass is 10.1. The van der Waals surface area contributed by atoms with E-state index in [0.29, 0.717) is 0 Å². The van der Waals surface area contributed by atoms with Gasteiger partial charge in [0, 0.05) is 11.6 Å². The zero-order valence-electron chi connectivity index (χ0n) is 7.78. The molecule has 2 aliphatic heterocycles. The summed E-state index contributed by atoms with van der Waals surface area (Å²) in [6.45, 7) is 1.05. The van der Waals surface area contributed by atoms with Crippen molar-refractivity contribution in [2.45, 2.75) is 6.10 Å². The number of hydrogen-bond acceptors (Lipinski definition) is 4. The molecule has 0 aliphatic carbocycles. The summed E-state index contributed by atoms with van der Waals surface area (Å²) in [7, 11) is 1.64. The van der Waals surface area contributed by atoms with Crippen molar-refractivity contribution in [1.29, 1.82) is 0 Å². The molecule has 0 spiro atoms. The third-order valence-corrected chi connectivity index (χ3v) is 2.41. The average Bonchev–Trinajstić information content (AvgIpc) is 2.95. The van der Waals surface area contributed by atoms with Crippen LogP contribution in [-0.4, -0.2) is 20.5 Å². The van der Waals surface area contributed by atoms with Gasteiger partial charge in [-0.1, -0.05) is 0 Å². The molecule has 0 bridgehead atoms. The van der Waals surface area contributed by atoms with E-state index in [2.05, 4.69) is 0 Å². The van der Waals surface area contributed by atoms with Gasteiger partial charge in [-0.3, -0.25) is 0 Å². The Morgan fingerprint density at radius 1 is 1.29 bits per heavy atom. The molecular weight excluding hydrogens is 184 g/mol. The molecular formula is C10H10O4. The van der Waals surface area contributed by atoms with Crippen molar-refractivity contribution in [1.82, 2.24) is 0 Å². The first-order valence-corrected chi connectivity index (χ1v) is 4.47. The number of rotatable bonds is 2. The summed E-state index contributed by atoms with van der Waals surface area (Å²) >= 11 is 0. The van der Waals surface area contributed by atoms with Crippen LogP contribution in [0.3, 0.4) is 0 Å². The number of benzene rings is 1. The van der Waals surface area contributed by atoms with Gasteiger partial charge in [0.15, 0.2) is 11.5 Å². The second kappa shape index (κ2) is 2.78. The van der Waals surface area contributed by atoms with Gasteiger partial charge < -0.3 is 18.9 Å². The lowest BCUT2D eigenvalue weighted by Gasteiger charge is -2.07. The van der Waals surface area contributed by atoms with Crippen LogP contribution in [0, 0.1) is 0 Å². The van der Waals surface area contributed by atoms with E-state index < -0.39 is 0 Å². The molecule has 2 aliphatic rings. The van der Waals surface area contributed by atoms with Crippen molar-refractivity contribution in [3.05, 3.63) is 17.7 Å². The molecule has 1 fully saturated rings. The number of ether oxygens (including phenoxy) is 4. The smallest absolute Gasteiger partial charge is 0.231 e. The van der Waals surface area contributed by atoms with E-state index in [1.54, 1.807) is 7.11 Å². The lowest BCUT2D eigenvalue weighted by molar-refractivity contribution is 0.174. The van der Waals surface area contributed by atoms with E-state index in [1.165, 1.54) is 0 Å². The maximum absolute atomic E-state index is 5.28. The Bertz CT molecular complexity index is 371. The molecule has 1 atom stereocenters. The van der Waals surface area contributed by atoms with Gasteiger partial charge >= 0.3 is 0 Å². The lowest BCUT2D eigenvalue weighted by Crippen LogP contribution is -1.92. The maximum Gasteiger partial charge on any atom is 0.231 e. The van der Waals surface area contributed by atoms with Gasteiger partial charge in [0.25, 0.3) is 0 Å². The number of epoxide rings is 1. The summed E-state index contributed by atoms with van der Waals surface area (Å²) in [5, 5.41) is 0. The molecule has 1 saturated heterocycles. The largest absolute Gasteiger partial charge is 0.496 e. The second-order valence-electron chi connectivity index (χ2n) is 3.27. The van der Waals surface area contributed by atoms with Crippen molar-refractivity contribution in [3.8, 4) is 17.2 Å².